The Kier molecular flexibility index (Phi) is 4.51. The van der Waals surface area contributed by atoms with Crippen molar-refractivity contribution in [3.63, 3.8) is 0 Å². The van der Waals surface area contributed by atoms with E-state index in [0.29, 0.717) is 13.0 Å². The van der Waals surface area contributed by atoms with Crippen LogP contribution in [0.15, 0.2) is 36.4 Å². The number of hydrogen-bond acceptors (Lipinski definition) is 5. The number of nitrogens with one attached hydrogen (secondary N) is 1. The van der Waals surface area contributed by atoms with Gasteiger partial charge in [-0.2, -0.15) is 0 Å². The largest absolute Gasteiger partial charge is 0.524 e. The second-order valence-electron chi connectivity index (χ2n) is 5.70. The molecule has 1 aliphatic rings. The third-order valence-electron chi connectivity index (χ3n) is 4.03. The van der Waals surface area contributed by atoms with Crippen LogP contribution in [-0.4, -0.2) is 33.1 Å². The van der Waals surface area contributed by atoms with Gasteiger partial charge in [-0.25, -0.2) is 4.57 Å². The van der Waals surface area contributed by atoms with Gasteiger partial charge >= 0.3 is 7.82 Å². The first-order valence-electron chi connectivity index (χ1n) is 7.44. The van der Waals surface area contributed by atoms with Gasteiger partial charge in [-0.1, -0.05) is 12.1 Å². The van der Waals surface area contributed by atoms with E-state index in [1.165, 1.54) is 12.1 Å². The molecule has 5 N–H and O–H groups in total. The smallest absolute Gasteiger partial charge is 0.508 e. The Labute approximate surface area is 138 Å². The SMILES string of the molecule is O=P(O)(O)Oc1cc2c(cc1O)CCNCC2c1ccc(O)cc1. The first kappa shape index (κ1) is 16.8. The third kappa shape index (κ3) is 3.71. The zero-order valence-corrected chi connectivity index (χ0v) is 13.6. The molecular formula is C16H18NO6P. The van der Waals surface area contributed by atoms with E-state index in [4.69, 9.17) is 9.79 Å². The van der Waals surface area contributed by atoms with E-state index in [-0.39, 0.29) is 23.2 Å². The molecule has 0 amide bonds. The first-order valence-corrected chi connectivity index (χ1v) is 8.97. The fourth-order valence-corrected chi connectivity index (χ4v) is 3.36. The molecule has 0 saturated heterocycles. The van der Waals surface area contributed by atoms with Crippen molar-refractivity contribution in [3.05, 3.63) is 53.1 Å². The average molecular weight is 351 g/mol. The molecule has 128 valence electrons. The van der Waals surface area contributed by atoms with Crippen molar-refractivity contribution in [2.75, 3.05) is 13.1 Å². The number of aromatic hydroxyl groups is 2. The predicted octanol–water partition coefficient (Wildman–Crippen LogP) is 1.85. The minimum atomic E-state index is -4.77. The van der Waals surface area contributed by atoms with Gasteiger partial charge in [-0.15, -0.1) is 0 Å². The molecule has 0 spiro atoms. The van der Waals surface area contributed by atoms with E-state index in [9.17, 15) is 14.8 Å². The summed E-state index contributed by atoms with van der Waals surface area (Å²) in [4.78, 5) is 18.0. The highest BCUT2D eigenvalue weighted by atomic mass is 31.2. The third-order valence-corrected chi connectivity index (χ3v) is 4.46. The lowest BCUT2D eigenvalue weighted by atomic mass is 9.88. The molecule has 8 heteroatoms. The van der Waals surface area contributed by atoms with Gasteiger partial charge in [0.05, 0.1) is 0 Å². The van der Waals surface area contributed by atoms with E-state index < -0.39 is 7.82 Å². The van der Waals surface area contributed by atoms with Crippen LogP contribution >= 0.6 is 7.82 Å². The van der Waals surface area contributed by atoms with Gasteiger partial charge < -0.3 is 20.1 Å². The fourth-order valence-electron chi connectivity index (χ4n) is 2.95. The molecule has 1 aliphatic heterocycles. The Morgan fingerprint density at radius 3 is 2.50 bits per heavy atom. The van der Waals surface area contributed by atoms with Crippen molar-refractivity contribution in [1.29, 1.82) is 0 Å². The Balaban J connectivity index is 2.07. The van der Waals surface area contributed by atoms with Gasteiger partial charge in [0.15, 0.2) is 11.5 Å². The van der Waals surface area contributed by atoms with Gasteiger partial charge in [-0.3, -0.25) is 9.79 Å². The molecule has 0 aliphatic carbocycles. The Morgan fingerprint density at radius 1 is 1.12 bits per heavy atom. The summed E-state index contributed by atoms with van der Waals surface area (Å²) in [5.74, 6) is -0.476. The summed E-state index contributed by atoms with van der Waals surface area (Å²) >= 11 is 0. The molecule has 2 aromatic rings. The van der Waals surface area contributed by atoms with Crippen LogP contribution in [0.4, 0.5) is 0 Å². The fraction of sp³-hybridized carbons (Fsp3) is 0.250. The number of benzene rings is 2. The standard InChI is InChI=1S/C16H18NO6P/c18-12-3-1-10(2-4-12)14-9-17-6-5-11-7-15(19)16(8-13(11)14)23-24(20,21)22/h1-4,7-8,14,17-19H,5-6,9H2,(H2,20,21,22). The van der Waals surface area contributed by atoms with Crippen molar-refractivity contribution in [1.82, 2.24) is 5.32 Å². The molecule has 24 heavy (non-hydrogen) atoms. The Bertz CT molecular complexity index is 786. The number of hydrogen-bond donors (Lipinski definition) is 5. The maximum atomic E-state index is 11.1. The predicted molar refractivity (Wildman–Crippen MR) is 87.3 cm³/mol. The lowest BCUT2D eigenvalue weighted by molar-refractivity contribution is 0.277. The molecule has 1 atom stereocenters. The number of phenolic OH excluding ortho intramolecular Hbond substituents is 2. The summed E-state index contributed by atoms with van der Waals surface area (Å²) in [6.07, 6.45) is 0.674. The highest BCUT2D eigenvalue weighted by molar-refractivity contribution is 7.46. The number of phenols is 2. The van der Waals surface area contributed by atoms with Crippen molar-refractivity contribution in [2.45, 2.75) is 12.3 Å². The van der Waals surface area contributed by atoms with Crippen LogP contribution in [-0.2, 0) is 11.0 Å². The van der Waals surface area contributed by atoms with Gasteiger partial charge in [-0.05, 0) is 53.9 Å². The summed E-state index contributed by atoms with van der Waals surface area (Å²) in [6, 6.07) is 9.75. The maximum absolute atomic E-state index is 11.1. The minimum Gasteiger partial charge on any atom is -0.508 e. The highest BCUT2D eigenvalue weighted by Gasteiger charge is 2.25. The zero-order valence-electron chi connectivity index (χ0n) is 12.7. The van der Waals surface area contributed by atoms with Crippen LogP contribution in [0, 0.1) is 0 Å². The monoisotopic (exact) mass is 351 g/mol. The lowest BCUT2D eigenvalue weighted by Gasteiger charge is -2.20. The number of phosphoric ester groups is 1. The molecule has 0 aromatic heterocycles. The van der Waals surface area contributed by atoms with Gasteiger partial charge in [0.25, 0.3) is 0 Å². The van der Waals surface area contributed by atoms with E-state index in [0.717, 1.165) is 23.2 Å². The van der Waals surface area contributed by atoms with Gasteiger partial charge in [0, 0.05) is 12.5 Å². The summed E-state index contributed by atoms with van der Waals surface area (Å²) in [6.45, 7) is 1.34. The first-order chi connectivity index (χ1) is 11.3. The lowest BCUT2D eigenvalue weighted by Crippen LogP contribution is -2.20. The van der Waals surface area contributed by atoms with E-state index in [1.807, 2.05) is 0 Å². The second kappa shape index (κ2) is 6.45. The molecule has 0 saturated carbocycles. The van der Waals surface area contributed by atoms with Crippen LogP contribution in [0.3, 0.4) is 0 Å². The van der Waals surface area contributed by atoms with Crippen LogP contribution in [0.1, 0.15) is 22.6 Å². The maximum Gasteiger partial charge on any atom is 0.524 e. The minimum absolute atomic E-state index is 0.0946. The molecular weight excluding hydrogens is 333 g/mol. The van der Waals surface area contributed by atoms with Crippen molar-refractivity contribution < 1.29 is 29.1 Å². The summed E-state index contributed by atoms with van der Waals surface area (Å²) in [7, 11) is -4.77. The van der Waals surface area contributed by atoms with Crippen molar-refractivity contribution in [3.8, 4) is 17.2 Å². The van der Waals surface area contributed by atoms with Crippen LogP contribution < -0.4 is 9.84 Å². The Morgan fingerprint density at radius 2 is 1.83 bits per heavy atom. The molecule has 1 unspecified atom stereocenters. The summed E-state index contributed by atoms with van der Waals surface area (Å²) in [5.41, 5.74) is 2.65. The summed E-state index contributed by atoms with van der Waals surface area (Å²) in [5, 5.41) is 22.8. The van der Waals surface area contributed by atoms with Crippen LogP contribution in [0.25, 0.3) is 0 Å². The van der Waals surface area contributed by atoms with E-state index in [1.54, 1.807) is 24.3 Å². The normalized spacial score (nSPS) is 17.8. The highest BCUT2D eigenvalue weighted by Crippen LogP contribution is 2.44. The van der Waals surface area contributed by atoms with Crippen LogP contribution in [0.5, 0.6) is 17.2 Å². The Hall–Kier alpha value is -2.05. The molecule has 0 radical (unpaired) electrons. The number of phosphoric acid groups is 1. The van der Waals surface area contributed by atoms with E-state index >= 15 is 0 Å². The van der Waals surface area contributed by atoms with Crippen LogP contribution in [0.2, 0.25) is 0 Å². The quantitative estimate of drug-likeness (QED) is 0.535. The van der Waals surface area contributed by atoms with Crippen molar-refractivity contribution >= 4 is 7.82 Å². The number of fused-ring (bicyclic) bond motifs is 1. The molecule has 0 bridgehead atoms. The molecule has 0 fully saturated rings. The van der Waals surface area contributed by atoms with E-state index in [2.05, 4.69) is 9.84 Å². The molecule has 3 rings (SSSR count). The summed E-state index contributed by atoms with van der Waals surface area (Å²) < 4.78 is 15.7. The molecule has 1 heterocycles. The zero-order chi connectivity index (χ0) is 17.3. The topological polar surface area (TPSA) is 119 Å². The van der Waals surface area contributed by atoms with Crippen molar-refractivity contribution in [2.24, 2.45) is 0 Å². The van der Waals surface area contributed by atoms with Gasteiger partial charge in [0.1, 0.15) is 5.75 Å². The molecule has 2 aromatic carbocycles. The average Bonchev–Trinajstić information content (AvgIpc) is 2.69. The second-order valence-corrected chi connectivity index (χ2v) is 6.86. The molecule has 7 nitrogen and oxygen atoms in total. The van der Waals surface area contributed by atoms with Gasteiger partial charge in [0.2, 0.25) is 0 Å². The number of rotatable bonds is 3.